The molecular weight excluding hydrogens is 372 g/mol. The van der Waals surface area contributed by atoms with Gasteiger partial charge in [-0.15, -0.1) is 11.3 Å². The van der Waals surface area contributed by atoms with Gasteiger partial charge >= 0.3 is 0 Å². The molecule has 2 aromatic heterocycles. The number of benzene rings is 1. The predicted molar refractivity (Wildman–Crippen MR) is 113 cm³/mol. The van der Waals surface area contributed by atoms with E-state index in [0.717, 1.165) is 35.3 Å². The number of carbonyl (C=O) groups excluding carboxylic acids is 1. The van der Waals surface area contributed by atoms with E-state index in [2.05, 4.69) is 15.6 Å². The molecule has 4 rings (SSSR count). The van der Waals surface area contributed by atoms with Crippen LogP contribution in [0.4, 0.5) is 0 Å². The highest BCUT2D eigenvalue weighted by Crippen LogP contribution is 2.30. The number of fused-ring (bicyclic) bond motifs is 1. The fourth-order valence-corrected chi connectivity index (χ4v) is 4.46. The summed E-state index contributed by atoms with van der Waals surface area (Å²) in [5, 5.41) is 8.93. The van der Waals surface area contributed by atoms with Crippen molar-refractivity contribution in [1.82, 2.24) is 20.2 Å². The molecule has 0 radical (unpaired) electrons. The lowest BCUT2D eigenvalue weighted by Gasteiger charge is -2.12. The zero-order valence-electron chi connectivity index (χ0n) is 15.9. The van der Waals surface area contributed by atoms with Gasteiger partial charge < -0.3 is 10.6 Å². The van der Waals surface area contributed by atoms with Crippen molar-refractivity contribution in [2.75, 3.05) is 13.1 Å². The zero-order chi connectivity index (χ0) is 19.5. The van der Waals surface area contributed by atoms with E-state index in [1.165, 1.54) is 16.9 Å². The highest BCUT2D eigenvalue weighted by atomic mass is 32.1. The molecule has 0 bridgehead atoms. The fraction of sp³-hybridized carbons (Fsp3) is 0.381. The molecule has 0 spiro atoms. The summed E-state index contributed by atoms with van der Waals surface area (Å²) in [6.45, 7) is 4.03. The van der Waals surface area contributed by atoms with E-state index in [1.807, 2.05) is 36.6 Å². The molecule has 1 saturated heterocycles. The van der Waals surface area contributed by atoms with Gasteiger partial charge in [-0.05, 0) is 31.9 Å². The van der Waals surface area contributed by atoms with E-state index in [9.17, 15) is 9.59 Å². The third-order valence-electron chi connectivity index (χ3n) is 5.21. The number of carbonyl (C=O) groups is 1. The normalized spacial score (nSPS) is 16.5. The number of aromatic nitrogens is 2. The zero-order valence-corrected chi connectivity index (χ0v) is 16.7. The van der Waals surface area contributed by atoms with Crippen LogP contribution in [0.15, 0.2) is 40.8 Å². The first kappa shape index (κ1) is 18.8. The van der Waals surface area contributed by atoms with Crippen LogP contribution in [0, 0.1) is 6.92 Å². The maximum Gasteiger partial charge on any atom is 0.262 e. The summed E-state index contributed by atoms with van der Waals surface area (Å²) in [5.74, 6) is -0.0372. The number of hydrogen-bond donors (Lipinski definition) is 2. The second-order valence-corrected chi connectivity index (χ2v) is 8.14. The summed E-state index contributed by atoms with van der Waals surface area (Å²) in [6.07, 6.45) is 4.07. The Balaban J connectivity index is 1.49. The SMILES string of the molecule is Cc1ccc(-c2csc3ncn(CCC(=O)NCC4CCCN4)c(=O)c23)cc1. The van der Waals surface area contributed by atoms with Crippen molar-refractivity contribution in [3.63, 3.8) is 0 Å². The second kappa shape index (κ2) is 8.24. The lowest BCUT2D eigenvalue weighted by Crippen LogP contribution is -2.37. The predicted octanol–water partition coefficient (Wildman–Crippen LogP) is 2.69. The molecule has 1 fully saturated rings. The van der Waals surface area contributed by atoms with Crippen LogP contribution in [0.5, 0.6) is 0 Å². The Morgan fingerprint density at radius 1 is 1.36 bits per heavy atom. The van der Waals surface area contributed by atoms with Crippen LogP contribution in [0.2, 0.25) is 0 Å². The van der Waals surface area contributed by atoms with Crippen LogP contribution in [-0.4, -0.2) is 34.6 Å². The maximum atomic E-state index is 13.0. The molecule has 7 heteroatoms. The molecular formula is C21H24N4O2S. The van der Waals surface area contributed by atoms with Crippen molar-refractivity contribution in [3.05, 3.63) is 51.9 Å². The Labute approximate surface area is 167 Å². The summed E-state index contributed by atoms with van der Waals surface area (Å²) in [5.41, 5.74) is 3.00. The maximum absolute atomic E-state index is 13.0. The Morgan fingerprint density at radius 3 is 2.93 bits per heavy atom. The van der Waals surface area contributed by atoms with E-state index in [4.69, 9.17) is 0 Å². The van der Waals surface area contributed by atoms with Crippen LogP contribution in [0.3, 0.4) is 0 Å². The molecule has 3 aromatic rings. The van der Waals surface area contributed by atoms with Gasteiger partial charge in [-0.2, -0.15) is 0 Å². The van der Waals surface area contributed by atoms with Gasteiger partial charge in [-0.1, -0.05) is 29.8 Å². The molecule has 0 aliphatic carbocycles. The van der Waals surface area contributed by atoms with E-state index in [1.54, 1.807) is 10.9 Å². The molecule has 1 atom stereocenters. The molecule has 1 amide bonds. The summed E-state index contributed by atoms with van der Waals surface area (Å²) in [6, 6.07) is 8.50. The summed E-state index contributed by atoms with van der Waals surface area (Å²) >= 11 is 1.47. The monoisotopic (exact) mass is 396 g/mol. The van der Waals surface area contributed by atoms with Gasteiger partial charge in [0.2, 0.25) is 5.91 Å². The number of thiophene rings is 1. The quantitative estimate of drug-likeness (QED) is 0.672. The minimum absolute atomic E-state index is 0.0372. The Bertz CT molecular complexity index is 1030. The van der Waals surface area contributed by atoms with Crippen LogP contribution in [0.25, 0.3) is 21.3 Å². The number of amides is 1. The van der Waals surface area contributed by atoms with Gasteiger partial charge in [0, 0.05) is 36.5 Å². The van der Waals surface area contributed by atoms with Crippen LogP contribution in [0.1, 0.15) is 24.8 Å². The first-order valence-electron chi connectivity index (χ1n) is 9.65. The second-order valence-electron chi connectivity index (χ2n) is 7.29. The third-order valence-corrected chi connectivity index (χ3v) is 6.10. The van der Waals surface area contributed by atoms with Crippen LogP contribution in [-0.2, 0) is 11.3 Å². The number of nitrogens with zero attached hydrogens (tertiary/aromatic N) is 2. The smallest absolute Gasteiger partial charge is 0.262 e. The number of aryl methyl sites for hydroxylation is 2. The van der Waals surface area contributed by atoms with Crippen molar-refractivity contribution >= 4 is 27.5 Å². The number of nitrogens with one attached hydrogen (secondary N) is 2. The molecule has 28 heavy (non-hydrogen) atoms. The number of rotatable bonds is 6. The lowest BCUT2D eigenvalue weighted by atomic mass is 10.1. The molecule has 0 saturated carbocycles. The minimum Gasteiger partial charge on any atom is -0.354 e. The summed E-state index contributed by atoms with van der Waals surface area (Å²) in [7, 11) is 0. The minimum atomic E-state index is -0.0907. The van der Waals surface area contributed by atoms with Gasteiger partial charge in [0.15, 0.2) is 0 Å². The average Bonchev–Trinajstić information content (AvgIpc) is 3.36. The average molecular weight is 397 g/mol. The molecule has 3 heterocycles. The summed E-state index contributed by atoms with van der Waals surface area (Å²) < 4.78 is 1.54. The highest BCUT2D eigenvalue weighted by molar-refractivity contribution is 7.17. The Hall–Kier alpha value is -2.51. The molecule has 1 aliphatic rings. The standard InChI is InChI=1S/C21H24N4O2S/c1-14-4-6-15(7-5-14)17-12-28-20-19(17)21(27)25(13-24-20)10-8-18(26)23-11-16-3-2-9-22-16/h4-7,12-13,16,22H,2-3,8-11H2,1H3,(H,23,26). The van der Waals surface area contributed by atoms with Gasteiger partial charge in [0.25, 0.3) is 5.56 Å². The van der Waals surface area contributed by atoms with E-state index in [-0.39, 0.29) is 17.9 Å². The van der Waals surface area contributed by atoms with Crippen molar-refractivity contribution in [2.24, 2.45) is 0 Å². The Kier molecular flexibility index (Phi) is 5.54. The molecule has 1 aromatic carbocycles. The van der Waals surface area contributed by atoms with E-state index < -0.39 is 0 Å². The summed E-state index contributed by atoms with van der Waals surface area (Å²) in [4.78, 5) is 30.3. The molecule has 6 nitrogen and oxygen atoms in total. The lowest BCUT2D eigenvalue weighted by molar-refractivity contribution is -0.121. The topological polar surface area (TPSA) is 76.0 Å². The van der Waals surface area contributed by atoms with Crippen LogP contribution < -0.4 is 16.2 Å². The fourth-order valence-electron chi connectivity index (χ4n) is 3.55. The Morgan fingerprint density at radius 2 is 2.18 bits per heavy atom. The first-order chi connectivity index (χ1) is 13.6. The van der Waals surface area contributed by atoms with Crippen molar-refractivity contribution in [2.45, 2.75) is 38.8 Å². The van der Waals surface area contributed by atoms with E-state index in [0.29, 0.717) is 24.5 Å². The molecule has 146 valence electrons. The van der Waals surface area contributed by atoms with Gasteiger partial charge in [-0.25, -0.2) is 4.98 Å². The number of hydrogen-bond acceptors (Lipinski definition) is 5. The van der Waals surface area contributed by atoms with Crippen molar-refractivity contribution < 1.29 is 4.79 Å². The molecule has 2 N–H and O–H groups in total. The van der Waals surface area contributed by atoms with Crippen molar-refractivity contribution in [3.8, 4) is 11.1 Å². The molecule has 1 unspecified atom stereocenters. The third kappa shape index (κ3) is 4.00. The van der Waals surface area contributed by atoms with Gasteiger partial charge in [-0.3, -0.25) is 14.2 Å². The van der Waals surface area contributed by atoms with E-state index >= 15 is 0 Å². The highest BCUT2D eigenvalue weighted by Gasteiger charge is 2.16. The van der Waals surface area contributed by atoms with Crippen LogP contribution >= 0.6 is 11.3 Å². The largest absolute Gasteiger partial charge is 0.354 e. The molecule has 1 aliphatic heterocycles. The van der Waals surface area contributed by atoms with Gasteiger partial charge in [0.1, 0.15) is 4.83 Å². The van der Waals surface area contributed by atoms with Crippen molar-refractivity contribution in [1.29, 1.82) is 0 Å². The first-order valence-corrected chi connectivity index (χ1v) is 10.5. The van der Waals surface area contributed by atoms with Gasteiger partial charge in [0.05, 0.1) is 11.7 Å².